The molecule has 6 heteroatoms. The van der Waals surface area contributed by atoms with Gasteiger partial charge in [-0.15, -0.1) is 0 Å². The highest BCUT2D eigenvalue weighted by Gasteiger charge is 2.18. The van der Waals surface area contributed by atoms with Crippen LogP contribution in [0.3, 0.4) is 0 Å². The second-order valence-corrected chi connectivity index (χ2v) is 7.01. The second kappa shape index (κ2) is 7.91. The summed E-state index contributed by atoms with van der Waals surface area (Å²) in [6.07, 6.45) is 0.922. The van der Waals surface area contributed by atoms with Crippen LogP contribution in [0.4, 0.5) is 5.82 Å². The van der Waals surface area contributed by atoms with E-state index < -0.39 is 0 Å². The minimum Gasteiger partial charge on any atom is -0.493 e. The summed E-state index contributed by atoms with van der Waals surface area (Å²) in [6, 6.07) is 15.4. The Morgan fingerprint density at radius 1 is 1.14 bits per heavy atom. The number of rotatable bonds is 6. The zero-order valence-electron chi connectivity index (χ0n) is 16.9. The minimum absolute atomic E-state index is 0.249. The van der Waals surface area contributed by atoms with Crippen LogP contribution in [-0.2, 0) is 6.54 Å². The molecule has 0 saturated carbocycles. The van der Waals surface area contributed by atoms with Crippen molar-refractivity contribution in [1.29, 1.82) is 0 Å². The number of para-hydroxylation sites is 1. The Hall–Kier alpha value is -3.41. The quantitative estimate of drug-likeness (QED) is 0.507. The molecule has 4 aromatic rings. The third-order valence-corrected chi connectivity index (χ3v) is 4.77. The summed E-state index contributed by atoms with van der Waals surface area (Å²) in [5.74, 6) is 0.824. The molecule has 148 valence electrons. The molecular weight excluding hydrogens is 364 g/mol. The maximum absolute atomic E-state index is 13.0. The summed E-state index contributed by atoms with van der Waals surface area (Å²) < 4.78 is 7.46. The molecule has 0 saturated heterocycles. The van der Waals surface area contributed by atoms with Gasteiger partial charge in [0.2, 0.25) is 0 Å². The minimum atomic E-state index is -0.249. The molecule has 0 aliphatic carbocycles. The SMILES string of the molecule is CCCn1nc(NC(=O)c2ccccc2OCC)c2cc3ccc(C)cc3nc21. The average Bonchev–Trinajstić information content (AvgIpc) is 3.03. The first kappa shape index (κ1) is 18.9. The summed E-state index contributed by atoms with van der Waals surface area (Å²) >= 11 is 0. The van der Waals surface area contributed by atoms with E-state index in [1.54, 1.807) is 12.1 Å². The normalized spacial score (nSPS) is 11.1. The van der Waals surface area contributed by atoms with E-state index in [1.165, 1.54) is 0 Å². The number of carbonyl (C=O) groups is 1. The maximum atomic E-state index is 13.0. The molecule has 2 heterocycles. The Kier molecular flexibility index (Phi) is 5.16. The summed E-state index contributed by atoms with van der Waals surface area (Å²) in [7, 11) is 0. The first-order valence-electron chi connectivity index (χ1n) is 9.91. The van der Waals surface area contributed by atoms with E-state index in [4.69, 9.17) is 9.72 Å². The highest BCUT2D eigenvalue weighted by Crippen LogP contribution is 2.28. The average molecular weight is 388 g/mol. The van der Waals surface area contributed by atoms with E-state index in [2.05, 4.69) is 36.4 Å². The molecule has 1 amide bonds. The van der Waals surface area contributed by atoms with Crippen LogP contribution < -0.4 is 10.1 Å². The fourth-order valence-electron chi connectivity index (χ4n) is 3.43. The molecule has 0 spiro atoms. The fourth-order valence-corrected chi connectivity index (χ4v) is 3.43. The van der Waals surface area contributed by atoms with E-state index in [9.17, 15) is 4.79 Å². The van der Waals surface area contributed by atoms with Gasteiger partial charge in [0.05, 0.1) is 23.1 Å². The number of nitrogens with zero attached hydrogens (tertiary/aromatic N) is 3. The van der Waals surface area contributed by atoms with Gasteiger partial charge in [-0.3, -0.25) is 4.79 Å². The van der Waals surface area contributed by atoms with Gasteiger partial charge in [0.15, 0.2) is 11.5 Å². The van der Waals surface area contributed by atoms with Crippen LogP contribution in [0.1, 0.15) is 36.2 Å². The number of anilines is 1. The number of amides is 1. The van der Waals surface area contributed by atoms with Gasteiger partial charge in [-0.05, 0) is 50.1 Å². The van der Waals surface area contributed by atoms with E-state index in [0.717, 1.165) is 40.5 Å². The van der Waals surface area contributed by atoms with Crippen molar-refractivity contribution in [3.63, 3.8) is 0 Å². The van der Waals surface area contributed by atoms with Crippen LogP contribution >= 0.6 is 0 Å². The molecule has 1 N–H and O–H groups in total. The Balaban J connectivity index is 1.79. The van der Waals surface area contributed by atoms with Crippen LogP contribution in [0.5, 0.6) is 5.75 Å². The van der Waals surface area contributed by atoms with Gasteiger partial charge in [0, 0.05) is 11.9 Å². The molecule has 0 aliphatic heterocycles. The number of benzene rings is 2. The number of pyridine rings is 1. The first-order chi connectivity index (χ1) is 14.1. The van der Waals surface area contributed by atoms with Gasteiger partial charge in [-0.2, -0.15) is 5.10 Å². The molecular formula is C23H24N4O2. The van der Waals surface area contributed by atoms with Crippen molar-refractivity contribution in [2.45, 2.75) is 33.7 Å². The number of nitrogens with one attached hydrogen (secondary N) is 1. The number of hydrogen-bond acceptors (Lipinski definition) is 4. The third-order valence-electron chi connectivity index (χ3n) is 4.77. The van der Waals surface area contributed by atoms with Gasteiger partial charge < -0.3 is 10.1 Å². The molecule has 2 aromatic heterocycles. The smallest absolute Gasteiger partial charge is 0.260 e. The van der Waals surface area contributed by atoms with Crippen LogP contribution in [0.25, 0.3) is 21.9 Å². The van der Waals surface area contributed by atoms with Crippen LogP contribution in [0.2, 0.25) is 0 Å². The van der Waals surface area contributed by atoms with Crippen molar-refractivity contribution < 1.29 is 9.53 Å². The number of aryl methyl sites for hydroxylation is 2. The van der Waals surface area contributed by atoms with Crippen LogP contribution in [0, 0.1) is 6.92 Å². The Bertz CT molecular complexity index is 1200. The van der Waals surface area contributed by atoms with Crippen molar-refractivity contribution in [1.82, 2.24) is 14.8 Å². The molecule has 0 radical (unpaired) electrons. The summed E-state index contributed by atoms with van der Waals surface area (Å²) in [5, 5.41) is 9.46. The second-order valence-electron chi connectivity index (χ2n) is 7.01. The van der Waals surface area contributed by atoms with Crippen molar-refractivity contribution in [3.8, 4) is 5.75 Å². The van der Waals surface area contributed by atoms with Crippen molar-refractivity contribution in [2.24, 2.45) is 0 Å². The number of hydrogen-bond donors (Lipinski definition) is 1. The van der Waals surface area contributed by atoms with Gasteiger partial charge in [0.1, 0.15) is 5.75 Å². The number of fused-ring (bicyclic) bond motifs is 2. The van der Waals surface area contributed by atoms with E-state index in [-0.39, 0.29) is 5.91 Å². The predicted molar refractivity (Wildman–Crippen MR) is 116 cm³/mol. The molecule has 0 bridgehead atoms. The number of ether oxygens (including phenoxy) is 1. The molecule has 29 heavy (non-hydrogen) atoms. The lowest BCUT2D eigenvalue weighted by molar-refractivity contribution is 0.102. The van der Waals surface area contributed by atoms with Crippen molar-refractivity contribution in [2.75, 3.05) is 11.9 Å². The molecule has 0 aliphatic rings. The van der Waals surface area contributed by atoms with E-state index in [1.807, 2.05) is 35.9 Å². The zero-order chi connectivity index (χ0) is 20.4. The molecule has 6 nitrogen and oxygen atoms in total. The van der Waals surface area contributed by atoms with Gasteiger partial charge >= 0.3 is 0 Å². The Morgan fingerprint density at radius 3 is 2.76 bits per heavy atom. The highest BCUT2D eigenvalue weighted by atomic mass is 16.5. The molecule has 2 aromatic carbocycles. The summed E-state index contributed by atoms with van der Waals surface area (Å²) in [4.78, 5) is 17.8. The largest absolute Gasteiger partial charge is 0.493 e. The zero-order valence-corrected chi connectivity index (χ0v) is 16.9. The fraction of sp³-hybridized carbons (Fsp3) is 0.261. The van der Waals surface area contributed by atoms with Crippen molar-refractivity contribution >= 4 is 33.7 Å². The van der Waals surface area contributed by atoms with Gasteiger partial charge in [-0.25, -0.2) is 9.67 Å². The Labute approximate surface area is 169 Å². The topological polar surface area (TPSA) is 69.0 Å². The van der Waals surface area contributed by atoms with Gasteiger partial charge in [0.25, 0.3) is 5.91 Å². The molecule has 0 fully saturated rings. The van der Waals surface area contributed by atoms with Crippen LogP contribution in [0.15, 0.2) is 48.5 Å². The standard InChI is InChI=1S/C23H24N4O2/c1-4-12-27-22-18(14-16-11-10-15(3)13-19(16)24-22)21(26-27)25-23(28)17-8-6-7-9-20(17)29-5-2/h6-11,13-14H,4-5,12H2,1-3H3,(H,25,26,28). The lowest BCUT2D eigenvalue weighted by Gasteiger charge is -2.09. The lowest BCUT2D eigenvalue weighted by atomic mass is 10.1. The molecule has 0 unspecified atom stereocenters. The van der Waals surface area contributed by atoms with Crippen molar-refractivity contribution in [3.05, 3.63) is 59.7 Å². The third kappa shape index (κ3) is 3.66. The van der Waals surface area contributed by atoms with Gasteiger partial charge in [-0.1, -0.05) is 31.2 Å². The Morgan fingerprint density at radius 2 is 1.97 bits per heavy atom. The predicted octanol–water partition coefficient (Wildman–Crippen LogP) is 4.95. The van der Waals surface area contributed by atoms with E-state index >= 15 is 0 Å². The monoisotopic (exact) mass is 388 g/mol. The molecule has 4 rings (SSSR count). The van der Waals surface area contributed by atoms with E-state index in [0.29, 0.717) is 23.7 Å². The summed E-state index contributed by atoms with van der Waals surface area (Å²) in [6.45, 7) is 7.26. The maximum Gasteiger partial charge on any atom is 0.260 e. The number of carbonyl (C=O) groups excluding carboxylic acids is 1. The number of aromatic nitrogens is 3. The first-order valence-corrected chi connectivity index (χ1v) is 9.91. The molecule has 0 atom stereocenters. The highest BCUT2D eigenvalue weighted by molar-refractivity contribution is 6.10. The summed E-state index contributed by atoms with van der Waals surface area (Å²) in [5.41, 5.74) is 3.34. The lowest BCUT2D eigenvalue weighted by Crippen LogP contribution is -2.14. The van der Waals surface area contributed by atoms with Crippen LogP contribution in [-0.4, -0.2) is 27.3 Å².